The summed E-state index contributed by atoms with van der Waals surface area (Å²) in [7, 11) is 1.59. The van der Waals surface area contributed by atoms with E-state index in [9.17, 15) is 19.4 Å². The number of aromatic nitrogens is 2. The molecule has 0 aliphatic heterocycles. The lowest BCUT2D eigenvalue weighted by atomic mass is 9.86. The number of carboxylic acid groups (broad SMARTS) is 1. The van der Waals surface area contributed by atoms with Crippen LogP contribution < -0.4 is 4.74 Å². The summed E-state index contributed by atoms with van der Waals surface area (Å²) < 4.78 is 19.3. The van der Waals surface area contributed by atoms with Gasteiger partial charge in [-0.1, -0.05) is 38.1 Å². The Balaban J connectivity index is 1.91. The van der Waals surface area contributed by atoms with Gasteiger partial charge in [0.05, 0.1) is 37.1 Å². The Morgan fingerprint density at radius 2 is 1.92 bits per heavy atom. The van der Waals surface area contributed by atoms with Crippen molar-refractivity contribution >= 4 is 12.0 Å². The molecule has 0 spiro atoms. The van der Waals surface area contributed by atoms with Crippen LogP contribution in [-0.4, -0.2) is 50.6 Å². The number of rotatable bonds is 9. The maximum atomic E-state index is 13.9. The minimum atomic E-state index is -1.17. The lowest BCUT2D eigenvalue weighted by Gasteiger charge is -2.22. The largest absolute Gasteiger partial charge is 0.481 e. The quantitative estimate of drug-likeness (QED) is 0.357. The molecule has 0 saturated heterocycles. The molecule has 0 fully saturated rings. The highest BCUT2D eigenvalue weighted by Gasteiger charge is 2.26. The van der Waals surface area contributed by atoms with Gasteiger partial charge in [0.2, 0.25) is 5.88 Å². The predicted octanol–water partition coefficient (Wildman–Crippen LogP) is 5.17. The molecule has 0 bridgehead atoms. The highest BCUT2D eigenvalue weighted by atomic mass is 19.1. The van der Waals surface area contributed by atoms with E-state index in [1.54, 1.807) is 37.6 Å². The van der Waals surface area contributed by atoms with Crippen LogP contribution in [0.1, 0.15) is 61.4 Å². The van der Waals surface area contributed by atoms with Crippen molar-refractivity contribution in [2.24, 2.45) is 0 Å². The van der Waals surface area contributed by atoms with Crippen molar-refractivity contribution in [3.05, 3.63) is 70.8 Å². The number of nitrogens with zero attached hydrogens (tertiary/aromatic N) is 2. The van der Waals surface area contributed by atoms with Gasteiger partial charge in [0.1, 0.15) is 5.82 Å². The minimum Gasteiger partial charge on any atom is -0.481 e. The number of methoxy groups -OCH3 is 1. The Labute approximate surface area is 221 Å². The Morgan fingerprint density at radius 3 is 2.58 bits per heavy atom. The van der Waals surface area contributed by atoms with Crippen molar-refractivity contribution in [3.63, 3.8) is 0 Å². The maximum Gasteiger partial charge on any atom is 0.305 e. The van der Waals surface area contributed by atoms with Gasteiger partial charge in [0, 0.05) is 29.8 Å². The van der Waals surface area contributed by atoms with Gasteiger partial charge in [0.15, 0.2) is 0 Å². The van der Waals surface area contributed by atoms with Crippen molar-refractivity contribution in [1.82, 2.24) is 9.97 Å². The molecule has 1 aliphatic carbocycles. The molecule has 1 aliphatic rings. The van der Waals surface area contributed by atoms with E-state index in [2.05, 4.69) is 4.98 Å². The van der Waals surface area contributed by atoms with Crippen molar-refractivity contribution in [3.8, 4) is 28.3 Å². The predicted molar refractivity (Wildman–Crippen MR) is 143 cm³/mol. The van der Waals surface area contributed by atoms with Crippen LogP contribution >= 0.6 is 0 Å². The Bertz CT molecular complexity index is 1340. The number of ether oxygens (including phenoxy) is 1. The van der Waals surface area contributed by atoms with Crippen molar-refractivity contribution in [2.75, 3.05) is 7.11 Å². The van der Waals surface area contributed by atoms with Crippen LogP contribution in [0.15, 0.2) is 42.6 Å². The van der Waals surface area contributed by atoms with E-state index in [0.717, 1.165) is 64.0 Å². The monoisotopic (exact) mass is 520 g/mol. The molecule has 2 aromatic heterocycles. The Morgan fingerprint density at radius 1 is 1.18 bits per heavy atom. The number of aliphatic hydroxyl groups excluding tert-OH is 2. The summed E-state index contributed by atoms with van der Waals surface area (Å²) in [6.07, 6.45) is 4.82. The second-order valence-electron chi connectivity index (χ2n) is 9.93. The standard InChI is InChI=1S/C30H33FN2O5/c1-17(2)29-24(12-11-21(34)14-22(35)15-27(36)37)28(18-7-9-20(31)10-8-18)23-6-4-5-19-13-26(38-3)32-16-25(19)30(23)33-29/h7-13,16-17,21-22,34-35H,4-6,14-15H2,1-3H3,(H,36,37)/t21-,22-/m1/s1. The van der Waals surface area contributed by atoms with E-state index in [1.807, 2.05) is 19.9 Å². The second kappa shape index (κ2) is 11.8. The molecular formula is C30H33FN2O5. The summed E-state index contributed by atoms with van der Waals surface area (Å²) in [6, 6.07) is 8.30. The normalized spacial score (nSPS) is 14.6. The smallest absolute Gasteiger partial charge is 0.305 e. The Hall–Kier alpha value is -3.62. The first-order valence-corrected chi connectivity index (χ1v) is 12.8. The van der Waals surface area contributed by atoms with Gasteiger partial charge < -0.3 is 20.1 Å². The number of hydrogen-bond donors (Lipinski definition) is 3. The van der Waals surface area contributed by atoms with Gasteiger partial charge >= 0.3 is 5.97 Å². The van der Waals surface area contributed by atoms with Crippen LogP contribution in [0.5, 0.6) is 5.88 Å². The zero-order valence-corrected chi connectivity index (χ0v) is 21.8. The van der Waals surface area contributed by atoms with Crippen LogP contribution in [0.25, 0.3) is 28.5 Å². The average molecular weight is 521 g/mol. The zero-order chi connectivity index (χ0) is 27.4. The molecule has 1 aromatic carbocycles. The molecule has 4 rings (SSSR count). The fourth-order valence-electron chi connectivity index (χ4n) is 4.99. The molecule has 2 heterocycles. The highest BCUT2D eigenvalue weighted by molar-refractivity contribution is 5.85. The maximum absolute atomic E-state index is 13.9. The number of pyridine rings is 2. The summed E-state index contributed by atoms with van der Waals surface area (Å²) in [5.41, 5.74) is 7.26. The van der Waals surface area contributed by atoms with Gasteiger partial charge in [-0.2, -0.15) is 0 Å². The van der Waals surface area contributed by atoms with Crippen molar-refractivity contribution in [2.45, 2.75) is 64.1 Å². The van der Waals surface area contributed by atoms with Crippen LogP contribution in [0.2, 0.25) is 0 Å². The number of hydrogen-bond acceptors (Lipinski definition) is 6. The summed E-state index contributed by atoms with van der Waals surface area (Å²) in [5.74, 6) is -0.892. The van der Waals surface area contributed by atoms with Crippen LogP contribution in [0.3, 0.4) is 0 Å². The first-order valence-electron chi connectivity index (χ1n) is 12.8. The van der Waals surface area contributed by atoms with Crippen molar-refractivity contribution in [1.29, 1.82) is 0 Å². The molecule has 0 radical (unpaired) electrons. The van der Waals surface area contributed by atoms with Gasteiger partial charge in [-0.25, -0.2) is 9.37 Å². The topological polar surface area (TPSA) is 113 Å². The molecule has 3 N–H and O–H groups in total. The number of aliphatic carboxylic acids is 1. The summed E-state index contributed by atoms with van der Waals surface area (Å²) >= 11 is 0. The minimum absolute atomic E-state index is 0.0202. The van der Waals surface area contributed by atoms with E-state index in [-0.39, 0.29) is 18.2 Å². The molecular weight excluding hydrogens is 487 g/mol. The van der Waals surface area contributed by atoms with Crippen LogP contribution in [-0.2, 0) is 17.6 Å². The number of aryl methyl sites for hydroxylation is 1. The Kier molecular flexibility index (Phi) is 8.54. The molecule has 0 saturated carbocycles. The van der Waals surface area contributed by atoms with Gasteiger partial charge in [-0.3, -0.25) is 9.78 Å². The molecule has 38 heavy (non-hydrogen) atoms. The molecule has 7 nitrogen and oxygen atoms in total. The van der Waals surface area contributed by atoms with Crippen LogP contribution in [0, 0.1) is 5.82 Å². The van der Waals surface area contributed by atoms with Gasteiger partial charge in [-0.05, 0) is 59.6 Å². The summed E-state index contributed by atoms with van der Waals surface area (Å²) in [4.78, 5) is 20.5. The summed E-state index contributed by atoms with van der Waals surface area (Å²) in [6.45, 7) is 4.08. The van der Waals surface area contributed by atoms with E-state index in [4.69, 9.17) is 14.8 Å². The third kappa shape index (κ3) is 6.09. The number of carbonyl (C=O) groups is 1. The fraction of sp³-hybridized carbons (Fsp3) is 0.367. The first-order chi connectivity index (χ1) is 18.2. The highest BCUT2D eigenvalue weighted by Crippen LogP contribution is 2.42. The third-order valence-corrected chi connectivity index (χ3v) is 6.76. The van der Waals surface area contributed by atoms with E-state index < -0.39 is 24.6 Å². The van der Waals surface area contributed by atoms with E-state index >= 15 is 0 Å². The zero-order valence-electron chi connectivity index (χ0n) is 21.8. The van der Waals surface area contributed by atoms with Gasteiger partial charge in [-0.15, -0.1) is 0 Å². The first kappa shape index (κ1) is 27.4. The second-order valence-corrected chi connectivity index (χ2v) is 9.93. The number of carboxylic acids is 1. The number of fused-ring (bicyclic) bond motifs is 3. The molecule has 2 atom stereocenters. The number of aliphatic hydroxyl groups is 2. The lowest BCUT2D eigenvalue weighted by molar-refractivity contribution is -0.139. The van der Waals surface area contributed by atoms with Gasteiger partial charge in [0.25, 0.3) is 0 Å². The average Bonchev–Trinajstić information content (AvgIpc) is 3.05. The molecule has 200 valence electrons. The molecule has 0 unspecified atom stereocenters. The number of halogens is 1. The van der Waals surface area contributed by atoms with Crippen molar-refractivity contribution < 1.29 is 29.2 Å². The lowest BCUT2D eigenvalue weighted by Crippen LogP contribution is -2.19. The molecule has 0 amide bonds. The number of benzene rings is 1. The third-order valence-electron chi connectivity index (χ3n) is 6.76. The molecule has 3 aromatic rings. The SMILES string of the molecule is COc1cc2c(cn1)-c1nc(C(C)C)c(C=C[C@@H](O)C[C@@H](O)CC(=O)O)c(-c3ccc(F)cc3)c1CCC2. The fourth-order valence-corrected chi connectivity index (χ4v) is 4.99. The molecule has 8 heteroatoms. The summed E-state index contributed by atoms with van der Waals surface area (Å²) in [5, 5.41) is 29.4. The van der Waals surface area contributed by atoms with E-state index in [0.29, 0.717) is 5.88 Å². The van der Waals surface area contributed by atoms with Crippen LogP contribution in [0.4, 0.5) is 4.39 Å². The van der Waals surface area contributed by atoms with E-state index in [1.165, 1.54) is 12.1 Å².